The predicted molar refractivity (Wildman–Crippen MR) is 83.9 cm³/mol. The predicted octanol–water partition coefficient (Wildman–Crippen LogP) is 1.68. The van der Waals surface area contributed by atoms with Crippen molar-refractivity contribution < 1.29 is 19.0 Å². The number of carbonyl (C=O) groups excluding carboxylic acids is 1. The summed E-state index contributed by atoms with van der Waals surface area (Å²) in [5.74, 6) is 0.370. The van der Waals surface area contributed by atoms with Crippen molar-refractivity contribution in [2.45, 2.75) is 77.0 Å². The molecule has 6 heteroatoms. The smallest absolute Gasteiger partial charge is 0.407 e. The summed E-state index contributed by atoms with van der Waals surface area (Å²) >= 11 is 0. The highest BCUT2D eigenvalue weighted by Gasteiger charge is 2.55. The molecule has 6 atom stereocenters. The lowest BCUT2D eigenvalue weighted by atomic mass is 9.71. The van der Waals surface area contributed by atoms with Crippen molar-refractivity contribution in [1.82, 2.24) is 10.6 Å². The zero-order valence-electron chi connectivity index (χ0n) is 14.5. The zero-order chi connectivity index (χ0) is 16.5. The van der Waals surface area contributed by atoms with Gasteiger partial charge in [0, 0.05) is 25.7 Å². The standard InChI is InChI=1S/C16H30N2O4/c1-9(10(2)20-6)17-13-12(11-7-8-21-14(11)13)18-15(19)22-16(3,4)5/h9-14,17H,7-8H2,1-6H3,(H,18,19). The lowest BCUT2D eigenvalue weighted by Crippen LogP contribution is -2.72. The molecule has 0 spiro atoms. The number of rotatable bonds is 5. The number of methoxy groups -OCH3 is 1. The van der Waals surface area contributed by atoms with Crippen LogP contribution in [0.5, 0.6) is 0 Å². The lowest BCUT2D eigenvalue weighted by molar-refractivity contribution is -0.0443. The topological polar surface area (TPSA) is 68.8 Å². The third-order valence-corrected chi connectivity index (χ3v) is 4.60. The second-order valence-electron chi connectivity index (χ2n) is 7.38. The molecule has 0 radical (unpaired) electrons. The molecule has 2 rings (SSSR count). The molecule has 1 aliphatic heterocycles. The summed E-state index contributed by atoms with van der Waals surface area (Å²) in [5.41, 5.74) is -0.486. The molecular formula is C16H30N2O4. The highest BCUT2D eigenvalue weighted by atomic mass is 16.6. The van der Waals surface area contributed by atoms with Gasteiger partial charge in [-0.25, -0.2) is 4.79 Å². The zero-order valence-corrected chi connectivity index (χ0v) is 14.5. The average molecular weight is 314 g/mol. The maximum absolute atomic E-state index is 12.0. The lowest BCUT2D eigenvalue weighted by Gasteiger charge is -2.49. The first-order valence-corrected chi connectivity index (χ1v) is 8.13. The number of carbonyl (C=O) groups is 1. The Morgan fingerprint density at radius 3 is 2.55 bits per heavy atom. The van der Waals surface area contributed by atoms with E-state index in [9.17, 15) is 4.79 Å². The van der Waals surface area contributed by atoms with Crippen LogP contribution in [0.1, 0.15) is 41.0 Å². The van der Waals surface area contributed by atoms with Crippen LogP contribution in [0.2, 0.25) is 0 Å². The number of hydrogen-bond acceptors (Lipinski definition) is 5. The van der Waals surface area contributed by atoms with Crippen molar-refractivity contribution in [3.63, 3.8) is 0 Å². The van der Waals surface area contributed by atoms with Gasteiger partial charge in [0.1, 0.15) is 5.60 Å². The van der Waals surface area contributed by atoms with Crippen LogP contribution in [-0.2, 0) is 14.2 Å². The van der Waals surface area contributed by atoms with Gasteiger partial charge in [-0.1, -0.05) is 0 Å². The Morgan fingerprint density at radius 1 is 1.27 bits per heavy atom. The Bertz CT molecular complexity index is 396. The Hall–Kier alpha value is -0.850. The monoisotopic (exact) mass is 314 g/mol. The van der Waals surface area contributed by atoms with Crippen molar-refractivity contribution in [3.05, 3.63) is 0 Å². The fourth-order valence-corrected chi connectivity index (χ4v) is 3.19. The number of amides is 1. The van der Waals surface area contributed by atoms with Crippen molar-refractivity contribution >= 4 is 6.09 Å². The first-order valence-electron chi connectivity index (χ1n) is 8.13. The molecule has 2 aliphatic rings. The van der Waals surface area contributed by atoms with Crippen LogP contribution in [0.3, 0.4) is 0 Å². The summed E-state index contributed by atoms with van der Waals surface area (Å²) in [6.07, 6.45) is 0.897. The highest BCUT2D eigenvalue weighted by molar-refractivity contribution is 5.68. The van der Waals surface area contributed by atoms with E-state index in [4.69, 9.17) is 14.2 Å². The Labute approximate surface area is 133 Å². The molecule has 1 saturated carbocycles. The number of fused-ring (bicyclic) bond motifs is 1. The van der Waals surface area contributed by atoms with Crippen molar-refractivity contribution in [1.29, 1.82) is 0 Å². The van der Waals surface area contributed by atoms with Gasteiger partial charge in [-0.15, -0.1) is 0 Å². The van der Waals surface area contributed by atoms with E-state index >= 15 is 0 Å². The van der Waals surface area contributed by atoms with Crippen molar-refractivity contribution in [2.24, 2.45) is 5.92 Å². The Morgan fingerprint density at radius 2 is 1.95 bits per heavy atom. The summed E-state index contributed by atoms with van der Waals surface area (Å²) in [5, 5.41) is 6.55. The molecule has 128 valence electrons. The van der Waals surface area contributed by atoms with E-state index < -0.39 is 5.60 Å². The van der Waals surface area contributed by atoms with Gasteiger partial charge in [0.05, 0.1) is 24.3 Å². The van der Waals surface area contributed by atoms with Gasteiger partial charge in [0.25, 0.3) is 0 Å². The fourth-order valence-electron chi connectivity index (χ4n) is 3.19. The number of nitrogens with one attached hydrogen (secondary N) is 2. The fraction of sp³-hybridized carbons (Fsp3) is 0.938. The van der Waals surface area contributed by atoms with Gasteiger partial charge in [0.2, 0.25) is 0 Å². The summed E-state index contributed by atoms with van der Waals surface area (Å²) < 4.78 is 16.5. The van der Waals surface area contributed by atoms with E-state index in [2.05, 4.69) is 17.6 Å². The minimum absolute atomic E-state index is 0.0499. The minimum Gasteiger partial charge on any atom is -0.444 e. The molecule has 1 aliphatic carbocycles. The summed E-state index contributed by atoms with van der Waals surface area (Å²) in [7, 11) is 1.70. The van der Waals surface area contributed by atoms with Gasteiger partial charge in [-0.05, 0) is 41.0 Å². The van der Waals surface area contributed by atoms with Crippen molar-refractivity contribution in [3.8, 4) is 0 Å². The van der Waals surface area contributed by atoms with Gasteiger partial charge in [0.15, 0.2) is 0 Å². The molecule has 1 amide bonds. The number of hydrogen-bond donors (Lipinski definition) is 2. The quantitative estimate of drug-likeness (QED) is 0.808. The van der Waals surface area contributed by atoms with Crippen LogP contribution >= 0.6 is 0 Å². The molecule has 0 aromatic rings. The van der Waals surface area contributed by atoms with Crippen LogP contribution in [0, 0.1) is 5.92 Å². The van der Waals surface area contributed by atoms with E-state index in [1.54, 1.807) is 7.11 Å². The third-order valence-electron chi connectivity index (χ3n) is 4.60. The first kappa shape index (κ1) is 17.5. The largest absolute Gasteiger partial charge is 0.444 e. The van der Waals surface area contributed by atoms with Crippen LogP contribution < -0.4 is 10.6 Å². The van der Waals surface area contributed by atoms with Gasteiger partial charge >= 0.3 is 6.09 Å². The van der Waals surface area contributed by atoms with E-state index in [-0.39, 0.29) is 36.4 Å². The van der Waals surface area contributed by atoms with Crippen molar-refractivity contribution in [2.75, 3.05) is 13.7 Å². The number of ether oxygens (including phenoxy) is 3. The summed E-state index contributed by atoms with van der Waals surface area (Å²) in [4.78, 5) is 12.0. The van der Waals surface area contributed by atoms with Crippen LogP contribution in [0.15, 0.2) is 0 Å². The third kappa shape index (κ3) is 3.91. The maximum atomic E-state index is 12.0. The summed E-state index contributed by atoms with van der Waals surface area (Å²) in [6, 6.07) is 0.338. The van der Waals surface area contributed by atoms with Crippen LogP contribution in [0.25, 0.3) is 0 Å². The summed E-state index contributed by atoms with van der Waals surface area (Å²) in [6.45, 7) is 10.5. The molecule has 1 saturated heterocycles. The van der Waals surface area contributed by atoms with E-state index in [1.165, 1.54) is 0 Å². The van der Waals surface area contributed by atoms with Gasteiger partial charge < -0.3 is 24.8 Å². The molecular weight excluding hydrogens is 284 g/mol. The maximum Gasteiger partial charge on any atom is 0.407 e. The van der Waals surface area contributed by atoms with E-state index in [0.29, 0.717) is 5.92 Å². The molecule has 2 fully saturated rings. The average Bonchev–Trinajstić information content (AvgIpc) is 2.83. The highest BCUT2D eigenvalue weighted by Crippen LogP contribution is 2.39. The normalized spacial score (nSPS) is 33.5. The second-order valence-corrected chi connectivity index (χ2v) is 7.38. The molecule has 1 heterocycles. The molecule has 0 aromatic carbocycles. The first-order chi connectivity index (χ1) is 10.2. The molecule has 6 nitrogen and oxygen atoms in total. The SMILES string of the molecule is COC(C)C(C)NC1C(NC(=O)OC(C)(C)C)C2CCOC21. The van der Waals surface area contributed by atoms with Crippen LogP contribution in [0.4, 0.5) is 4.79 Å². The number of alkyl carbamates (subject to hydrolysis) is 1. The minimum atomic E-state index is -0.486. The molecule has 0 aromatic heterocycles. The molecule has 2 N–H and O–H groups in total. The second kappa shape index (κ2) is 6.72. The van der Waals surface area contributed by atoms with Gasteiger partial charge in [-0.3, -0.25) is 0 Å². The molecule has 6 unspecified atom stereocenters. The van der Waals surface area contributed by atoms with Gasteiger partial charge in [-0.2, -0.15) is 0 Å². The Kier molecular flexibility index (Phi) is 5.35. The Balaban J connectivity index is 1.94. The molecule has 0 bridgehead atoms. The van der Waals surface area contributed by atoms with Crippen LogP contribution in [-0.4, -0.2) is 55.7 Å². The van der Waals surface area contributed by atoms with E-state index in [0.717, 1.165) is 13.0 Å². The van der Waals surface area contributed by atoms with E-state index in [1.807, 2.05) is 27.7 Å². The molecule has 22 heavy (non-hydrogen) atoms.